The molecular formula is C32H30Cl2SiZr. The van der Waals surface area contributed by atoms with Gasteiger partial charge in [0, 0.05) is 8.07 Å². The van der Waals surface area contributed by atoms with Crippen LogP contribution in [0.4, 0.5) is 0 Å². The maximum absolute atomic E-state index is 4.93. The third kappa shape index (κ3) is 4.25. The molecule has 6 rings (SSSR count). The second kappa shape index (κ2) is 10.6. The van der Waals surface area contributed by atoms with E-state index >= 15 is 0 Å². The van der Waals surface area contributed by atoms with E-state index in [1.807, 2.05) is 0 Å². The fourth-order valence-corrected chi connectivity index (χ4v) is 10.5. The molecule has 0 aromatic heterocycles. The molecule has 0 aliphatic heterocycles. The number of aryl methyl sites for hydroxylation is 2. The quantitative estimate of drug-likeness (QED) is 0.139. The van der Waals surface area contributed by atoms with Gasteiger partial charge in [0.1, 0.15) is 0 Å². The average Bonchev–Trinajstić information content (AvgIpc) is 3.49. The molecule has 6 aromatic rings. The molecule has 0 aliphatic carbocycles. The van der Waals surface area contributed by atoms with Gasteiger partial charge < -0.3 is 0 Å². The molecule has 0 fully saturated rings. The molecular weight excluding hydrogens is 575 g/mol. The number of halogens is 2. The van der Waals surface area contributed by atoms with E-state index < -0.39 is 28.9 Å². The van der Waals surface area contributed by atoms with E-state index in [1.54, 1.807) is 10.4 Å². The molecule has 0 heterocycles. The van der Waals surface area contributed by atoms with Gasteiger partial charge in [0.05, 0.1) is 0 Å². The second-order valence-corrected chi connectivity index (χ2v) is 18.0. The van der Waals surface area contributed by atoms with Crippen LogP contribution in [0, 0.1) is 0 Å². The average molecular weight is 605 g/mol. The maximum atomic E-state index is 4.93. The fourth-order valence-electron chi connectivity index (χ4n) is 6.33. The number of benzene rings is 4. The second-order valence-electron chi connectivity index (χ2n) is 9.99. The van der Waals surface area contributed by atoms with Crippen LogP contribution < -0.4 is 10.4 Å². The Hall–Kier alpha value is -1.70. The Labute approximate surface area is 233 Å². The van der Waals surface area contributed by atoms with Crippen LogP contribution in [0.5, 0.6) is 0 Å². The first-order chi connectivity index (χ1) is 17.5. The molecule has 0 saturated carbocycles. The fraction of sp³-hybridized carbons (Fsp3) is 0.188. The van der Waals surface area contributed by atoms with Crippen LogP contribution >= 0.6 is 17.0 Å². The van der Waals surface area contributed by atoms with Crippen LogP contribution in [0.3, 0.4) is 0 Å². The molecule has 6 aromatic carbocycles. The van der Waals surface area contributed by atoms with Gasteiger partial charge in [-0.2, -0.15) is 10.4 Å². The Bertz CT molecular complexity index is 1570. The first-order valence-corrected chi connectivity index (χ1v) is 22.0. The monoisotopic (exact) mass is 602 g/mol. The molecule has 0 N–H and O–H groups in total. The van der Waals surface area contributed by atoms with E-state index in [-0.39, 0.29) is 0 Å². The number of hydrogen-bond acceptors (Lipinski definition) is 0. The summed E-state index contributed by atoms with van der Waals surface area (Å²) in [4.78, 5) is 0. The van der Waals surface area contributed by atoms with E-state index in [1.165, 1.54) is 54.2 Å². The van der Waals surface area contributed by atoms with Crippen LogP contribution in [0.1, 0.15) is 25.0 Å². The molecule has 4 heteroatoms. The first kappa shape index (κ1) is 25.9. The molecule has 0 atom stereocenters. The van der Waals surface area contributed by atoms with Crippen molar-refractivity contribution in [2.24, 2.45) is 0 Å². The standard InChI is InChI=1S/C32H30Si.2ClH.Zr/c1-5-21-19-25-17-15-23-11-7-9-13-27(23)29(25)31(21)33(3,4)32-22(6-2)20-26-18-16-24-12-8-10-14-28(24)30(26)32;;;/h7-20H,5-6H2,1-4H3;2*1H;/q-2;;;+4/p-2. The van der Waals surface area contributed by atoms with Crippen molar-refractivity contribution in [3.05, 3.63) is 96.1 Å². The zero-order chi connectivity index (χ0) is 25.4. The van der Waals surface area contributed by atoms with Crippen LogP contribution in [0.2, 0.25) is 13.1 Å². The van der Waals surface area contributed by atoms with Crippen molar-refractivity contribution in [3.63, 3.8) is 0 Å². The summed E-state index contributed by atoms with van der Waals surface area (Å²) >= 11 is -0.826. The van der Waals surface area contributed by atoms with Gasteiger partial charge in [-0.3, -0.25) is 0 Å². The van der Waals surface area contributed by atoms with Crippen molar-refractivity contribution in [2.45, 2.75) is 39.8 Å². The summed E-state index contributed by atoms with van der Waals surface area (Å²) in [6.45, 7) is 9.84. The normalized spacial score (nSPS) is 11.7. The molecule has 0 spiro atoms. The van der Waals surface area contributed by atoms with E-state index in [4.69, 9.17) is 17.0 Å². The summed E-state index contributed by atoms with van der Waals surface area (Å²) in [6, 6.07) is 32.1. The SMILES string of the molecule is CCc1[cH-]c2ccc3ccccc3c2c1[Si](C)(C)c1c(CC)[cH-]c2ccc3ccccc3c12.[Cl][Zr+2][Cl]. The van der Waals surface area contributed by atoms with Crippen LogP contribution in [-0.2, 0) is 33.7 Å². The molecule has 180 valence electrons. The van der Waals surface area contributed by atoms with Crippen molar-refractivity contribution in [3.8, 4) is 0 Å². The molecule has 36 heavy (non-hydrogen) atoms. The van der Waals surface area contributed by atoms with Crippen molar-refractivity contribution in [1.82, 2.24) is 0 Å². The van der Waals surface area contributed by atoms with Crippen molar-refractivity contribution in [2.75, 3.05) is 0 Å². The van der Waals surface area contributed by atoms with Crippen molar-refractivity contribution < 1.29 is 20.8 Å². The van der Waals surface area contributed by atoms with Crippen molar-refractivity contribution >= 4 is 78.6 Å². The van der Waals surface area contributed by atoms with E-state index in [0.717, 1.165) is 12.8 Å². The van der Waals surface area contributed by atoms with Gasteiger partial charge >= 0.3 is 37.9 Å². The van der Waals surface area contributed by atoms with Crippen LogP contribution in [-0.4, -0.2) is 8.07 Å². The van der Waals surface area contributed by atoms with Gasteiger partial charge in [0.25, 0.3) is 0 Å². The molecule has 0 unspecified atom stereocenters. The zero-order valence-corrected chi connectivity index (χ0v) is 26.2. The Morgan fingerprint density at radius 3 is 1.42 bits per heavy atom. The minimum atomic E-state index is -2.05. The number of rotatable bonds is 4. The summed E-state index contributed by atoms with van der Waals surface area (Å²) in [6.07, 6.45) is 2.16. The van der Waals surface area contributed by atoms with E-state index in [2.05, 4.69) is 112 Å². The molecule has 0 saturated heterocycles. The summed E-state index contributed by atoms with van der Waals surface area (Å²) in [7, 11) is 7.82. The minimum absolute atomic E-state index is 0.826. The van der Waals surface area contributed by atoms with Gasteiger partial charge in [-0.25, -0.2) is 0 Å². The number of fused-ring (bicyclic) bond motifs is 6. The Balaban J connectivity index is 0.000000848. The predicted octanol–water partition coefficient (Wildman–Crippen LogP) is 9.06. The van der Waals surface area contributed by atoms with Gasteiger partial charge in [-0.15, -0.1) is 56.9 Å². The molecule has 0 nitrogen and oxygen atoms in total. The molecule has 0 aliphatic rings. The van der Waals surface area contributed by atoms with Crippen LogP contribution in [0.25, 0.3) is 43.1 Å². The molecule has 0 radical (unpaired) electrons. The Kier molecular flexibility index (Phi) is 7.62. The summed E-state index contributed by atoms with van der Waals surface area (Å²) < 4.78 is 0. The third-order valence-corrected chi connectivity index (χ3v) is 11.4. The first-order valence-electron chi connectivity index (χ1n) is 12.6. The molecule has 0 amide bonds. The summed E-state index contributed by atoms with van der Waals surface area (Å²) in [5.41, 5.74) is 3.07. The predicted molar refractivity (Wildman–Crippen MR) is 161 cm³/mol. The van der Waals surface area contributed by atoms with Gasteiger partial charge in [0.2, 0.25) is 0 Å². The van der Waals surface area contributed by atoms with E-state index in [0.29, 0.717) is 0 Å². The Morgan fingerprint density at radius 2 is 1.03 bits per heavy atom. The molecule has 0 bridgehead atoms. The van der Waals surface area contributed by atoms with Gasteiger partial charge in [-0.05, 0) is 23.6 Å². The topological polar surface area (TPSA) is 0 Å². The van der Waals surface area contributed by atoms with Crippen molar-refractivity contribution in [1.29, 1.82) is 0 Å². The zero-order valence-electron chi connectivity index (χ0n) is 21.3. The number of hydrogen-bond donors (Lipinski definition) is 0. The van der Waals surface area contributed by atoms with Crippen LogP contribution in [0.15, 0.2) is 84.9 Å². The summed E-state index contributed by atoms with van der Waals surface area (Å²) in [5, 5.41) is 14.6. The van der Waals surface area contributed by atoms with E-state index in [9.17, 15) is 0 Å². The third-order valence-electron chi connectivity index (χ3n) is 7.74. The van der Waals surface area contributed by atoms with Gasteiger partial charge in [-0.1, -0.05) is 98.4 Å². The Morgan fingerprint density at radius 1 is 0.639 bits per heavy atom. The van der Waals surface area contributed by atoms with Gasteiger partial charge in [0.15, 0.2) is 0 Å². The summed E-state index contributed by atoms with van der Waals surface area (Å²) in [5.74, 6) is 0.